The molecule has 0 spiro atoms. The van der Waals surface area contributed by atoms with Gasteiger partial charge in [-0.3, -0.25) is 0 Å². The predicted molar refractivity (Wildman–Crippen MR) is 113 cm³/mol. The minimum absolute atomic E-state index is 0.0914. The molecule has 0 radical (unpaired) electrons. The van der Waals surface area contributed by atoms with Crippen molar-refractivity contribution in [1.29, 1.82) is 0 Å². The van der Waals surface area contributed by atoms with E-state index in [4.69, 9.17) is 18.9 Å². The summed E-state index contributed by atoms with van der Waals surface area (Å²) in [5.74, 6) is 1.43. The van der Waals surface area contributed by atoms with Gasteiger partial charge in [0.25, 0.3) is 0 Å². The Morgan fingerprint density at radius 3 is 2.52 bits per heavy atom. The first-order valence-electron chi connectivity index (χ1n) is 9.53. The lowest BCUT2D eigenvalue weighted by atomic mass is 9.79. The zero-order valence-electron chi connectivity index (χ0n) is 16.7. The Labute approximate surface area is 178 Å². The number of halogens is 1. The molecule has 0 saturated heterocycles. The number of hydrogen-bond donors (Lipinski definition) is 0. The number of aryl methyl sites for hydroxylation is 1. The number of methoxy groups -OCH3 is 3. The summed E-state index contributed by atoms with van der Waals surface area (Å²) in [6.07, 6.45) is 2.26. The zero-order chi connectivity index (χ0) is 20.5. The number of rotatable bonds is 4. The van der Waals surface area contributed by atoms with Gasteiger partial charge in [0, 0.05) is 21.5 Å². The summed E-state index contributed by atoms with van der Waals surface area (Å²) in [5, 5.41) is 0. The molecule has 0 fully saturated rings. The highest BCUT2D eigenvalue weighted by Gasteiger charge is 2.34. The summed E-state index contributed by atoms with van der Waals surface area (Å²) in [4.78, 5) is 12.5. The summed E-state index contributed by atoms with van der Waals surface area (Å²) in [7, 11) is 4.82. The molecule has 1 heterocycles. The van der Waals surface area contributed by atoms with E-state index in [0.29, 0.717) is 30.3 Å². The number of carbonyl (C=O) groups is 1. The first-order valence-corrected chi connectivity index (χ1v) is 10.3. The van der Waals surface area contributed by atoms with Crippen molar-refractivity contribution in [2.75, 3.05) is 27.9 Å². The Morgan fingerprint density at radius 1 is 1.03 bits per heavy atom. The molecule has 0 N–H and O–H groups in total. The van der Waals surface area contributed by atoms with Crippen LogP contribution in [0.1, 0.15) is 35.4 Å². The van der Waals surface area contributed by atoms with Crippen molar-refractivity contribution >= 4 is 21.9 Å². The second-order valence-corrected chi connectivity index (χ2v) is 8.01. The number of cyclic esters (lactones) is 1. The number of esters is 1. The normalized spacial score (nSPS) is 18.3. The molecule has 0 saturated carbocycles. The van der Waals surface area contributed by atoms with Gasteiger partial charge in [-0.15, -0.1) is 0 Å². The van der Waals surface area contributed by atoms with Gasteiger partial charge < -0.3 is 18.9 Å². The lowest BCUT2D eigenvalue weighted by Crippen LogP contribution is -2.14. The van der Waals surface area contributed by atoms with Crippen LogP contribution < -0.4 is 14.2 Å². The van der Waals surface area contributed by atoms with Gasteiger partial charge in [-0.1, -0.05) is 40.2 Å². The van der Waals surface area contributed by atoms with Gasteiger partial charge in [-0.2, -0.15) is 0 Å². The van der Waals surface area contributed by atoms with Crippen LogP contribution in [-0.2, 0) is 16.0 Å². The van der Waals surface area contributed by atoms with Crippen molar-refractivity contribution in [3.05, 3.63) is 62.6 Å². The molecule has 1 aliphatic carbocycles. The van der Waals surface area contributed by atoms with Gasteiger partial charge in [-0.05, 0) is 42.0 Å². The van der Waals surface area contributed by atoms with Gasteiger partial charge in [0.05, 0.1) is 21.3 Å². The highest BCUT2D eigenvalue weighted by Crippen LogP contribution is 2.51. The molecule has 0 aromatic heterocycles. The molecule has 0 bridgehead atoms. The maximum atomic E-state index is 12.5. The molecular formula is C23H23BrO5. The molecule has 0 amide bonds. The van der Waals surface area contributed by atoms with Crippen molar-refractivity contribution in [1.82, 2.24) is 0 Å². The Kier molecular flexibility index (Phi) is 5.54. The fourth-order valence-electron chi connectivity index (χ4n) is 4.35. The molecule has 1 aliphatic heterocycles. The number of hydrogen-bond acceptors (Lipinski definition) is 5. The zero-order valence-corrected chi connectivity index (χ0v) is 18.3. The fourth-order valence-corrected chi connectivity index (χ4v) is 5.02. The van der Waals surface area contributed by atoms with E-state index in [1.807, 2.05) is 12.1 Å². The molecule has 1 atom stereocenters. The molecule has 4 rings (SSSR count). The quantitative estimate of drug-likeness (QED) is 0.616. The maximum absolute atomic E-state index is 12.5. The third-order valence-electron chi connectivity index (χ3n) is 5.75. The third-order valence-corrected chi connectivity index (χ3v) is 6.41. The highest BCUT2D eigenvalue weighted by atomic mass is 79.9. The molecule has 2 aromatic rings. The summed E-state index contributed by atoms with van der Waals surface area (Å²) >= 11 is 3.72. The van der Waals surface area contributed by atoms with Crippen LogP contribution in [0.15, 0.2) is 46.0 Å². The van der Waals surface area contributed by atoms with Crippen LogP contribution in [-0.4, -0.2) is 33.9 Å². The van der Waals surface area contributed by atoms with Gasteiger partial charge in [0.2, 0.25) is 5.75 Å². The van der Waals surface area contributed by atoms with E-state index in [0.717, 1.165) is 34.0 Å². The van der Waals surface area contributed by atoms with Gasteiger partial charge in [0.15, 0.2) is 11.5 Å². The van der Waals surface area contributed by atoms with Crippen LogP contribution in [0, 0.1) is 0 Å². The fraction of sp³-hybridized carbons (Fsp3) is 0.348. The maximum Gasteiger partial charge on any atom is 0.334 e. The lowest BCUT2D eigenvalue weighted by molar-refractivity contribution is -0.136. The van der Waals surface area contributed by atoms with Crippen LogP contribution in [0.5, 0.6) is 17.2 Å². The molecular weight excluding hydrogens is 436 g/mol. The predicted octanol–water partition coefficient (Wildman–Crippen LogP) is 4.80. The van der Waals surface area contributed by atoms with E-state index in [1.165, 1.54) is 11.1 Å². The van der Waals surface area contributed by atoms with Gasteiger partial charge >= 0.3 is 5.97 Å². The SMILES string of the molecule is COc1cc(Br)c([C@@H]2CC3=C(CCc4ccccc42)COC3=O)c(OC)c1OC. The van der Waals surface area contributed by atoms with Crippen LogP contribution in [0.3, 0.4) is 0 Å². The average Bonchev–Trinajstić information content (AvgIpc) is 3.07. The number of fused-ring (bicyclic) bond motifs is 1. The minimum Gasteiger partial charge on any atom is -0.493 e. The van der Waals surface area contributed by atoms with Crippen LogP contribution in [0.25, 0.3) is 0 Å². The molecule has 0 unspecified atom stereocenters. The summed E-state index contributed by atoms with van der Waals surface area (Å²) in [6, 6.07) is 10.3. The van der Waals surface area contributed by atoms with Crippen LogP contribution >= 0.6 is 15.9 Å². The van der Waals surface area contributed by atoms with E-state index in [1.54, 1.807) is 21.3 Å². The van der Waals surface area contributed by atoms with Gasteiger partial charge in [-0.25, -0.2) is 4.79 Å². The Balaban J connectivity index is 1.96. The molecule has 5 nitrogen and oxygen atoms in total. The van der Waals surface area contributed by atoms with Crippen molar-refractivity contribution < 1.29 is 23.7 Å². The topological polar surface area (TPSA) is 54.0 Å². The Bertz CT molecular complexity index is 995. The number of benzene rings is 2. The van der Waals surface area contributed by atoms with Gasteiger partial charge in [0.1, 0.15) is 6.61 Å². The molecule has 2 aromatic carbocycles. The largest absolute Gasteiger partial charge is 0.493 e. The molecule has 6 heteroatoms. The van der Waals surface area contributed by atoms with E-state index in [-0.39, 0.29) is 11.9 Å². The first-order chi connectivity index (χ1) is 14.1. The summed E-state index contributed by atoms with van der Waals surface area (Å²) < 4.78 is 23.1. The summed E-state index contributed by atoms with van der Waals surface area (Å²) in [5.41, 5.74) is 5.28. The number of carbonyl (C=O) groups excluding carboxylic acids is 1. The van der Waals surface area contributed by atoms with E-state index in [9.17, 15) is 4.79 Å². The van der Waals surface area contributed by atoms with E-state index >= 15 is 0 Å². The minimum atomic E-state index is -0.208. The first kappa shape index (κ1) is 19.8. The van der Waals surface area contributed by atoms with Crippen molar-refractivity contribution in [3.8, 4) is 17.2 Å². The van der Waals surface area contributed by atoms with Crippen molar-refractivity contribution in [2.45, 2.75) is 25.2 Å². The van der Waals surface area contributed by atoms with Crippen molar-refractivity contribution in [3.63, 3.8) is 0 Å². The van der Waals surface area contributed by atoms with Crippen LogP contribution in [0.4, 0.5) is 0 Å². The molecule has 152 valence electrons. The molecule has 2 aliphatic rings. The smallest absolute Gasteiger partial charge is 0.334 e. The Morgan fingerprint density at radius 2 is 1.79 bits per heavy atom. The standard InChI is InChI=1S/C23H23BrO5/c1-26-19-11-18(24)20(22(28-3)21(19)27-2)17-10-16-14(12-29-23(16)25)9-8-13-6-4-5-7-15(13)17/h4-7,11,17H,8-10,12H2,1-3H3/t17-/m1/s1. The second-order valence-electron chi connectivity index (χ2n) is 7.15. The monoisotopic (exact) mass is 458 g/mol. The van der Waals surface area contributed by atoms with Crippen LogP contribution in [0.2, 0.25) is 0 Å². The molecule has 29 heavy (non-hydrogen) atoms. The highest BCUT2D eigenvalue weighted by molar-refractivity contribution is 9.10. The lowest BCUT2D eigenvalue weighted by Gasteiger charge is -2.27. The Hall–Kier alpha value is -2.47. The van der Waals surface area contributed by atoms with Crippen molar-refractivity contribution in [2.24, 2.45) is 0 Å². The summed E-state index contributed by atoms with van der Waals surface area (Å²) in [6.45, 7) is 0.396. The average molecular weight is 459 g/mol. The second kappa shape index (κ2) is 8.11. The number of ether oxygens (including phenoxy) is 4. The van der Waals surface area contributed by atoms with E-state index < -0.39 is 0 Å². The third kappa shape index (κ3) is 3.39. The van der Waals surface area contributed by atoms with E-state index in [2.05, 4.69) is 34.1 Å².